The molecule has 3 rings (SSSR count). The van der Waals surface area contributed by atoms with Crippen molar-refractivity contribution in [2.75, 3.05) is 19.8 Å². The van der Waals surface area contributed by atoms with Gasteiger partial charge in [0.25, 0.3) is 0 Å². The van der Waals surface area contributed by atoms with Gasteiger partial charge in [0, 0.05) is 17.4 Å². The van der Waals surface area contributed by atoms with E-state index in [-0.39, 0.29) is 0 Å². The van der Waals surface area contributed by atoms with Crippen molar-refractivity contribution >= 4 is 15.9 Å². The van der Waals surface area contributed by atoms with E-state index >= 15 is 0 Å². The summed E-state index contributed by atoms with van der Waals surface area (Å²) in [5.41, 5.74) is 2.72. The third-order valence-corrected chi connectivity index (χ3v) is 4.91. The SMILES string of the molecule is BrC(c1ccc2c(c1)CCCO2)C1CCOC1. The average molecular weight is 297 g/mol. The van der Waals surface area contributed by atoms with E-state index in [2.05, 4.69) is 34.1 Å². The molecule has 17 heavy (non-hydrogen) atoms. The maximum absolute atomic E-state index is 5.64. The molecule has 0 aromatic heterocycles. The first-order chi connectivity index (χ1) is 8.34. The lowest BCUT2D eigenvalue weighted by atomic mass is 9.95. The molecule has 2 aliphatic rings. The van der Waals surface area contributed by atoms with Gasteiger partial charge in [-0.05, 0) is 36.5 Å². The van der Waals surface area contributed by atoms with E-state index < -0.39 is 0 Å². The maximum atomic E-state index is 5.64. The monoisotopic (exact) mass is 296 g/mol. The van der Waals surface area contributed by atoms with Crippen LogP contribution in [0.15, 0.2) is 18.2 Å². The molecule has 0 radical (unpaired) electrons. The fourth-order valence-corrected chi connectivity index (χ4v) is 3.31. The molecule has 2 heterocycles. The summed E-state index contributed by atoms with van der Waals surface area (Å²) in [6, 6.07) is 6.60. The van der Waals surface area contributed by atoms with Gasteiger partial charge in [0.05, 0.1) is 13.2 Å². The van der Waals surface area contributed by atoms with E-state index in [1.54, 1.807) is 0 Å². The lowest BCUT2D eigenvalue weighted by molar-refractivity contribution is 0.185. The molecule has 2 nitrogen and oxygen atoms in total. The van der Waals surface area contributed by atoms with Crippen molar-refractivity contribution in [3.8, 4) is 5.75 Å². The molecule has 0 aliphatic carbocycles. The number of rotatable bonds is 2. The fourth-order valence-electron chi connectivity index (χ4n) is 2.61. The molecule has 0 N–H and O–H groups in total. The Morgan fingerprint density at radius 3 is 3.06 bits per heavy atom. The standard InChI is InChI=1S/C14H17BrO2/c15-14(12-5-7-16-9-12)11-3-4-13-10(8-11)2-1-6-17-13/h3-4,8,12,14H,1-2,5-7,9H2. The van der Waals surface area contributed by atoms with Gasteiger partial charge < -0.3 is 9.47 Å². The van der Waals surface area contributed by atoms with Crippen LogP contribution in [0.2, 0.25) is 0 Å². The zero-order valence-electron chi connectivity index (χ0n) is 9.82. The summed E-state index contributed by atoms with van der Waals surface area (Å²) >= 11 is 3.82. The van der Waals surface area contributed by atoms with Crippen LogP contribution in [-0.4, -0.2) is 19.8 Å². The predicted molar refractivity (Wildman–Crippen MR) is 70.9 cm³/mol. The smallest absolute Gasteiger partial charge is 0.122 e. The van der Waals surface area contributed by atoms with Gasteiger partial charge in [-0.3, -0.25) is 0 Å². The molecule has 2 unspecified atom stereocenters. The first kappa shape index (κ1) is 11.5. The zero-order valence-corrected chi connectivity index (χ0v) is 11.4. The number of benzene rings is 1. The van der Waals surface area contributed by atoms with Crippen molar-refractivity contribution < 1.29 is 9.47 Å². The number of hydrogen-bond donors (Lipinski definition) is 0. The van der Waals surface area contributed by atoms with Crippen molar-refractivity contribution in [2.45, 2.75) is 24.1 Å². The van der Waals surface area contributed by atoms with Gasteiger partial charge in [-0.1, -0.05) is 28.1 Å². The van der Waals surface area contributed by atoms with Crippen LogP contribution in [0.4, 0.5) is 0 Å². The summed E-state index contributed by atoms with van der Waals surface area (Å²) < 4.78 is 11.1. The summed E-state index contributed by atoms with van der Waals surface area (Å²) in [6.45, 7) is 2.64. The largest absolute Gasteiger partial charge is 0.493 e. The Bertz CT molecular complexity index is 399. The Morgan fingerprint density at radius 2 is 2.24 bits per heavy atom. The summed E-state index contributed by atoms with van der Waals surface area (Å²) in [6.07, 6.45) is 3.43. The normalized spacial score (nSPS) is 25.1. The van der Waals surface area contributed by atoms with Crippen molar-refractivity contribution in [1.82, 2.24) is 0 Å². The van der Waals surface area contributed by atoms with E-state index in [9.17, 15) is 0 Å². The Morgan fingerprint density at radius 1 is 1.29 bits per heavy atom. The van der Waals surface area contributed by atoms with Gasteiger partial charge in [0.15, 0.2) is 0 Å². The molecule has 1 saturated heterocycles. The van der Waals surface area contributed by atoms with Crippen molar-refractivity contribution in [1.29, 1.82) is 0 Å². The van der Waals surface area contributed by atoms with Crippen LogP contribution < -0.4 is 4.74 Å². The third-order valence-electron chi connectivity index (χ3n) is 3.63. The lowest BCUT2D eigenvalue weighted by Gasteiger charge is -2.21. The highest BCUT2D eigenvalue weighted by Crippen LogP contribution is 2.38. The van der Waals surface area contributed by atoms with Gasteiger partial charge in [-0.2, -0.15) is 0 Å². The highest BCUT2D eigenvalue weighted by atomic mass is 79.9. The maximum Gasteiger partial charge on any atom is 0.122 e. The zero-order chi connectivity index (χ0) is 11.7. The van der Waals surface area contributed by atoms with E-state index in [1.807, 2.05) is 0 Å². The number of alkyl halides is 1. The lowest BCUT2D eigenvalue weighted by Crippen LogP contribution is -2.11. The van der Waals surface area contributed by atoms with Crippen LogP contribution >= 0.6 is 15.9 Å². The van der Waals surface area contributed by atoms with Gasteiger partial charge in [-0.15, -0.1) is 0 Å². The Hall–Kier alpha value is -0.540. The van der Waals surface area contributed by atoms with Crippen LogP contribution in [0.3, 0.4) is 0 Å². The first-order valence-electron chi connectivity index (χ1n) is 6.32. The Kier molecular flexibility index (Phi) is 3.39. The van der Waals surface area contributed by atoms with Crippen LogP contribution in [0, 0.1) is 5.92 Å². The molecule has 0 spiro atoms. The summed E-state index contributed by atoms with van der Waals surface area (Å²) in [5, 5.41) is 0. The number of fused-ring (bicyclic) bond motifs is 1. The number of aryl methyl sites for hydroxylation is 1. The van der Waals surface area contributed by atoms with E-state index in [1.165, 1.54) is 11.1 Å². The van der Waals surface area contributed by atoms with E-state index in [0.29, 0.717) is 10.7 Å². The number of ether oxygens (including phenoxy) is 2. The minimum atomic E-state index is 0.414. The molecule has 0 saturated carbocycles. The predicted octanol–water partition coefficient (Wildman–Crippen LogP) is 3.48. The first-order valence-corrected chi connectivity index (χ1v) is 7.23. The number of halogens is 1. The van der Waals surface area contributed by atoms with E-state index in [0.717, 1.165) is 44.8 Å². The second kappa shape index (κ2) is 4.99. The Labute approximate surface area is 110 Å². The molecule has 2 atom stereocenters. The second-order valence-corrected chi connectivity index (χ2v) is 5.83. The minimum absolute atomic E-state index is 0.414. The highest BCUT2D eigenvalue weighted by Gasteiger charge is 2.25. The third kappa shape index (κ3) is 2.36. The van der Waals surface area contributed by atoms with Crippen LogP contribution in [0.1, 0.15) is 28.8 Å². The minimum Gasteiger partial charge on any atom is -0.493 e. The number of hydrogen-bond acceptors (Lipinski definition) is 2. The molecule has 1 aromatic carbocycles. The summed E-state index contributed by atoms with van der Waals surface area (Å²) in [4.78, 5) is 0.414. The van der Waals surface area contributed by atoms with E-state index in [4.69, 9.17) is 9.47 Å². The highest BCUT2D eigenvalue weighted by molar-refractivity contribution is 9.09. The summed E-state index contributed by atoms with van der Waals surface area (Å²) in [5.74, 6) is 1.68. The molecule has 1 fully saturated rings. The van der Waals surface area contributed by atoms with Crippen LogP contribution in [0.5, 0.6) is 5.75 Å². The van der Waals surface area contributed by atoms with Crippen LogP contribution in [0.25, 0.3) is 0 Å². The molecule has 0 bridgehead atoms. The van der Waals surface area contributed by atoms with Crippen molar-refractivity contribution in [2.24, 2.45) is 5.92 Å². The van der Waals surface area contributed by atoms with Gasteiger partial charge in [0.1, 0.15) is 5.75 Å². The Balaban J connectivity index is 1.82. The summed E-state index contributed by atoms with van der Waals surface area (Å²) in [7, 11) is 0. The fraction of sp³-hybridized carbons (Fsp3) is 0.571. The molecule has 3 heteroatoms. The molecule has 92 valence electrons. The molecular weight excluding hydrogens is 280 g/mol. The average Bonchev–Trinajstić information content (AvgIpc) is 2.91. The molecule has 2 aliphatic heterocycles. The molecular formula is C14H17BrO2. The van der Waals surface area contributed by atoms with Gasteiger partial charge in [0.2, 0.25) is 0 Å². The van der Waals surface area contributed by atoms with Gasteiger partial charge >= 0.3 is 0 Å². The van der Waals surface area contributed by atoms with Crippen molar-refractivity contribution in [3.05, 3.63) is 29.3 Å². The molecule has 0 amide bonds. The van der Waals surface area contributed by atoms with Crippen molar-refractivity contribution in [3.63, 3.8) is 0 Å². The quantitative estimate of drug-likeness (QED) is 0.778. The molecule has 1 aromatic rings. The van der Waals surface area contributed by atoms with Gasteiger partial charge in [-0.25, -0.2) is 0 Å². The van der Waals surface area contributed by atoms with Crippen LogP contribution in [-0.2, 0) is 11.2 Å². The topological polar surface area (TPSA) is 18.5 Å². The second-order valence-electron chi connectivity index (χ2n) is 4.84.